The van der Waals surface area contributed by atoms with E-state index in [1.165, 1.54) is 5.56 Å². The Morgan fingerprint density at radius 2 is 1.69 bits per heavy atom. The Balaban J connectivity index is 2.00. The van der Waals surface area contributed by atoms with Gasteiger partial charge in [0.1, 0.15) is 5.76 Å². The molecule has 2 rings (SSSR count). The van der Waals surface area contributed by atoms with Gasteiger partial charge in [-0.1, -0.05) is 30.3 Å². The van der Waals surface area contributed by atoms with E-state index in [2.05, 4.69) is 43.4 Å². The summed E-state index contributed by atoms with van der Waals surface area (Å²) in [5, 5.41) is 3.50. The first kappa shape index (κ1) is 11.0. The fourth-order valence-electron chi connectivity index (χ4n) is 1.83. The lowest BCUT2D eigenvalue weighted by molar-refractivity contribution is 0.403. The van der Waals surface area contributed by atoms with E-state index >= 15 is 0 Å². The molecular weight excluding hydrogens is 198 g/mol. The van der Waals surface area contributed by atoms with Gasteiger partial charge in [-0.25, -0.2) is 0 Å². The highest BCUT2D eigenvalue weighted by Crippen LogP contribution is 2.19. The highest BCUT2D eigenvalue weighted by molar-refractivity contribution is 5.18. The summed E-state index contributed by atoms with van der Waals surface area (Å²) >= 11 is 0. The topological polar surface area (TPSA) is 25.2 Å². The Kier molecular flexibility index (Phi) is 3.42. The zero-order chi connectivity index (χ0) is 11.4. The average molecular weight is 215 g/mol. The SMILES string of the molecule is CC(NC(C)c1ccco1)c1ccccc1. The third-order valence-corrected chi connectivity index (χ3v) is 2.77. The second-order valence-corrected chi connectivity index (χ2v) is 4.04. The molecule has 0 aliphatic carbocycles. The Bertz CT molecular complexity index is 408. The maximum Gasteiger partial charge on any atom is 0.120 e. The van der Waals surface area contributed by atoms with E-state index in [1.807, 2.05) is 18.2 Å². The first-order chi connectivity index (χ1) is 7.77. The Hall–Kier alpha value is -1.54. The number of hydrogen-bond donors (Lipinski definition) is 1. The molecule has 2 heteroatoms. The quantitative estimate of drug-likeness (QED) is 0.841. The number of rotatable bonds is 4. The summed E-state index contributed by atoms with van der Waals surface area (Å²) in [7, 11) is 0. The summed E-state index contributed by atoms with van der Waals surface area (Å²) < 4.78 is 5.37. The largest absolute Gasteiger partial charge is 0.468 e. The minimum absolute atomic E-state index is 0.227. The van der Waals surface area contributed by atoms with Crippen LogP contribution in [-0.4, -0.2) is 0 Å². The third kappa shape index (κ3) is 2.52. The lowest BCUT2D eigenvalue weighted by atomic mass is 10.1. The molecular formula is C14H17NO. The van der Waals surface area contributed by atoms with E-state index in [9.17, 15) is 0 Å². The first-order valence-corrected chi connectivity index (χ1v) is 5.62. The molecule has 0 amide bonds. The van der Waals surface area contributed by atoms with Gasteiger partial charge in [0, 0.05) is 6.04 Å². The molecule has 2 atom stereocenters. The van der Waals surface area contributed by atoms with Gasteiger partial charge in [-0.05, 0) is 31.5 Å². The summed E-state index contributed by atoms with van der Waals surface area (Å²) in [6, 6.07) is 14.9. The predicted molar refractivity (Wildman–Crippen MR) is 65.1 cm³/mol. The van der Waals surface area contributed by atoms with Crippen LogP contribution in [0.1, 0.15) is 37.3 Å². The zero-order valence-electron chi connectivity index (χ0n) is 9.68. The summed E-state index contributed by atoms with van der Waals surface area (Å²) in [5.41, 5.74) is 1.29. The van der Waals surface area contributed by atoms with Crippen LogP contribution in [0, 0.1) is 0 Å². The van der Waals surface area contributed by atoms with Gasteiger partial charge in [0.2, 0.25) is 0 Å². The van der Waals surface area contributed by atoms with Crippen molar-refractivity contribution < 1.29 is 4.42 Å². The Morgan fingerprint density at radius 3 is 2.31 bits per heavy atom. The molecule has 2 aromatic rings. The molecule has 1 N–H and O–H groups in total. The van der Waals surface area contributed by atoms with E-state index in [-0.39, 0.29) is 6.04 Å². The average Bonchev–Trinajstić information content (AvgIpc) is 2.83. The summed E-state index contributed by atoms with van der Waals surface area (Å²) in [4.78, 5) is 0. The van der Waals surface area contributed by atoms with Gasteiger partial charge in [-0.2, -0.15) is 0 Å². The van der Waals surface area contributed by atoms with Crippen molar-refractivity contribution in [2.45, 2.75) is 25.9 Å². The van der Waals surface area contributed by atoms with Crippen molar-refractivity contribution in [1.29, 1.82) is 0 Å². The van der Waals surface area contributed by atoms with E-state index in [4.69, 9.17) is 4.42 Å². The summed E-state index contributed by atoms with van der Waals surface area (Å²) in [6.07, 6.45) is 1.71. The maximum atomic E-state index is 5.37. The van der Waals surface area contributed by atoms with Gasteiger partial charge < -0.3 is 9.73 Å². The molecule has 84 valence electrons. The Labute approximate surface area is 96.3 Å². The molecule has 1 aromatic heterocycles. The van der Waals surface area contributed by atoms with Crippen molar-refractivity contribution >= 4 is 0 Å². The van der Waals surface area contributed by atoms with Gasteiger partial charge >= 0.3 is 0 Å². The van der Waals surface area contributed by atoms with E-state index in [0.717, 1.165) is 5.76 Å². The lowest BCUT2D eigenvalue weighted by Crippen LogP contribution is -2.22. The molecule has 0 spiro atoms. The van der Waals surface area contributed by atoms with E-state index in [0.29, 0.717) is 6.04 Å². The van der Waals surface area contributed by atoms with E-state index < -0.39 is 0 Å². The summed E-state index contributed by atoms with van der Waals surface area (Å²) in [5.74, 6) is 0.975. The van der Waals surface area contributed by atoms with Crippen molar-refractivity contribution in [3.8, 4) is 0 Å². The molecule has 0 radical (unpaired) electrons. The van der Waals surface area contributed by atoms with Crippen LogP contribution in [0.4, 0.5) is 0 Å². The second-order valence-electron chi connectivity index (χ2n) is 4.04. The monoisotopic (exact) mass is 215 g/mol. The second kappa shape index (κ2) is 4.99. The van der Waals surface area contributed by atoms with Crippen molar-refractivity contribution in [3.63, 3.8) is 0 Å². The predicted octanol–water partition coefficient (Wildman–Crippen LogP) is 3.69. The molecule has 16 heavy (non-hydrogen) atoms. The molecule has 0 bridgehead atoms. The molecule has 1 heterocycles. The molecule has 0 fully saturated rings. The number of nitrogens with one attached hydrogen (secondary N) is 1. The Morgan fingerprint density at radius 1 is 0.938 bits per heavy atom. The highest BCUT2D eigenvalue weighted by atomic mass is 16.3. The molecule has 0 aliphatic rings. The van der Waals surface area contributed by atoms with Gasteiger partial charge in [-0.3, -0.25) is 0 Å². The normalized spacial score (nSPS) is 14.6. The van der Waals surface area contributed by atoms with Crippen molar-refractivity contribution in [3.05, 3.63) is 60.1 Å². The molecule has 0 saturated carbocycles. The highest BCUT2D eigenvalue weighted by Gasteiger charge is 2.12. The molecule has 0 saturated heterocycles. The zero-order valence-corrected chi connectivity index (χ0v) is 9.68. The van der Waals surface area contributed by atoms with Gasteiger partial charge in [0.15, 0.2) is 0 Å². The number of benzene rings is 1. The standard InChI is InChI=1S/C14H17NO/c1-11(13-7-4-3-5-8-13)15-12(2)14-9-6-10-16-14/h3-12,15H,1-2H3. The minimum Gasteiger partial charge on any atom is -0.468 e. The number of hydrogen-bond acceptors (Lipinski definition) is 2. The molecule has 2 nitrogen and oxygen atoms in total. The van der Waals surface area contributed by atoms with Crippen molar-refractivity contribution in [2.75, 3.05) is 0 Å². The van der Waals surface area contributed by atoms with Gasteiger partial charge in [0.25, 0.3) is 0 Å². The van der Waals surface area contributed by atoms with Crippen molar-refractivity contribution in [1.82, 2.24) is 5.32 Å². The summed E-state index contributed by atoms with van der Waals surface area (Å²) in [6.45, 7) is 4.27. The molecule has 0 aliphatic heterocycles. The minimum atomic E-state index is 0.227. The number of furan rings is 1. The van der Waals surface area contributed by atoms with Crippen LogP contribution < -0.4 is 5.32 Å². The first-order valence-electron chi connectivity index (χ1n) is 5.62. The van der Waals surface area contributed by atoms with Crippen LogP contribution in [0.25, 0.3) is 0 Å². The van der Waals surface area contributed by atoms with Crippen LogP contribution >= 0.6 is 0 Å². The third-order valence-electron chi connectivity index (χ3n) is 2.77. The van der Waals surface area contributed by atoms with Crippen LogP contribution in [0.2, 0.25) is 0 Å². The van der Waals surface area contributed by atoms with Gasteiger partial charge in [-0.15, -0.1) is 0 Å². The van der Waals surface area contributed by atoms with Crippen LogP contribution in [0.15, 0.2) is 53.1 Å². The molecule has 2 unspecified atom stereocenters. The molecule has 1 aromatic carbocycles. The fourth-order valence-corrected chi connectivity index (χ4v) is 1.83. The lowest BCUT2D eigenvalue weighted by Gasteiger charge is -2.18. The van der Waals surface area contributed by atoms with Crippen LogP contribution in [0.5, 0.6) is 0 Å². The smallest absolute Gasteiger partial charge is 0.120 e. The van der Waals surface area contributed by atoms with Crippen LogP contribution in [-0.2, 0) is 0 Å². The van der Waals surface area contributed by atoms with E-state index in [1.54, 1.807) is 6.26 Å². The van der Waals surface area contributed by atoms with Gasteiger partial charge in [0.05, 0.1) is 12.3 Å². The van der Waals surface area contributed by atoms with Crippen LogP contribution in [0.3, 0.4) is 0 Å². The maximum absolute atomic E-state index is 5.37. The van der Waals surface area contributed by atoms with Crippen molar-refractivity contribution in [2.24, 2.45) is 0 Å². The fraction of sp³-hybridized carbons (Fsp3) is 0.286.